The monoisotopic (exact) mass is 386 g/mol. The Bertz CT molecular complexity index is 939. The first-order valence-electron chi connectivity index (χ1n) is 8.16. The lowest BCUT2D eigenvalue weighted by atomic mass is 9.87. The molecule has 0 aliphatic carbocycles. The van der Waals surface area contributed by atoms with Crippen molar-refractivity contribution < 1.29 is 14.3 Å². The van der Waals surface area contributed by atoms with Gasteiger partial charge in [0.05, 0.1) is 5.56 Å². The molecule has 1 aromatic heterocycles. The summed E-state index contributed by atoms with van der Waals surface area (Å²) in [6.45, 7) is 3.41. The van der Waals surface area contributed by atoms with Crippen LogP contribution in [0.4, 0.5) is 5.82 Å². The molecule has 0 fully saturated rings. The number of primary amides is 1. The van der Waals surface area contributed by atoms with Crippen molar-refractivity contribution in [3.8, 4) is 5.75 Å². The number of aromatic nitrogens is 2. The van der Waals surface area contributed by atoms with Crippen molar-refractivity contribution in [1.29, 1.82) is 0 Å². The zero-order chi connectivity index (χ0) is 19.4. The maximum Gasteiger partial charge on any atom is 0.257 e. The molecule has 8 nitrogen and oxygen atoms in total. The van der Waals surface area contributed by atoms with Crippen molar-refractivity contribution in [3.05, 3.63) is 58.4 Å². The quantitative estimate of drug-likeness (QED) is 0.375. The van der Waals surface area contributed by atoms with Gasteiger partial charge in [0, 0.05) is 18.1 Å². The van der Waals surface area contributed by atoms with Crippen LogP contribution < -0.4 is 21.3 Å². The number of anilines is 1. The van der Waals surface area contributed by atoms with Crippen LogP contribution in [0.3, 0.4) is 0 Å². The highest BCUT2D eigenvalue weighted by atomic mass is 32.2. The first-order valence-corrected chi connectivity index (χ1v) is 9.15. The molecule has 0 saturated heterocycles. The average Bonchev–Trinajstić information content (AvgIpc) is 2.64. The number of benzene rings is 1. The molecule has 1 unspecified atom stereocenters. The topological polar surface area (TPSA) is 127 Å². The predicted octanol–water partition coefficient (Wildman–Crippen LogP) is 1.39. The number of carbonyl (C=O) groups is 2. The second kappa shape index (κ2) is 8.09. The molecule has 1 atom stereocenters. The summed E-state index contributed by atoms with van der Waals surface area (Å²) in [4.78, 5) is 42.6. The van der Waals surface area contributed by atoms with Gasteiger partial charge in [0.1, 0.15) is 11.6 Å². The highest BCUT2D eigenvalue weighted by Crippen LogP contribution is 2.35. The molecule has 2 amide bonds. The summed E-state index contributed by atoms with van der Waals surface area (Å²) in [6, 6.07) is 6.84. The Morgan fingerprint density at radius 3 is 2.78 bits per heavy atom. The van der Waals surface area contributed by atoms with Gasteiger partial charge in [-0.3, -0.25) is 14.4 Å². The number of aromatic amines is 1. The highest BCUT2D eigenvalue weighted by Gasteiger charge is 2.30. The normalized spacial score (nSPS) is 15.6. The highest BCUT2D eigenvalue weighted by molar-refractivity contribution is 7.99. The molecule has 0 radical (unpaired) electrons. The maximum absolute atomic E-state index is 12.6. The summed E-state index contributed by atoms with van der Waals surface area (Å²) in [6.07, 6.45) is 1.84. The molecule has 2 aromatic rings. The lowest BCUT2D eigenvalue weighted by Crippen LogP contribution is -2.31. The molecular weight excluding hydrogens is 368 g/mol. The Hall–Kier alpha value is -3.07. The summed E-state index contributed by atoms with van der Waals surface area (Å²) < 4.78 is 5.23. The van der Waals surface area contributed by atoms with E-state index in [9.17, 15) is 14.4 Å². The van der Waals surface area contributed by atoms with Gasteiger partial charge in [-0.25, -0.2) is 4.98 Å². The van der Waals surface area contributed by atoms with Gasteiger partial charge in [-0.05, 0) is 17.7 Å². The van der Waals surface area contributed by atoms with Gasteiger partial charge in [0.15, 0.2) is 11.8 Å². The molecule has 3 rings (SSSR count). The van der Waals surface area contributed by atoms with Crippen LogP contribution >= 0.6 is 11.8 Å². The molecule has 0 spiro atoms. The number of amides is 2. The molecule has 9 heteroatoms. The SMILES string of the molecule is C=CCSc1nc2c(c(=O)[nH]1)C(c1ccc(OCC(N)=O)cc1)CC(=O)N2. The Morgan fingerprint density at radius 1 is 1.37 bits per heavy atom. The van der Waals surface area contributed by atoms with Gasteiger partial charge >= 0.3 is 0 Å². The van der Waals surface area contributed by atoms with Gasteiger partial charge in [-0.15, -0.1) is 6.58 Å². The van der Waals surface area contributed by atoms with Crippen LogP contribution in [0.15, 0.2) is 46.9 Å². The van der Waals surface area contributed by atoms with Gasteiger partial charge < -0.3 is 20.8 Å². The number of nitrogens with two attached hydrogens (primary N) is 1. The van der Waals surface area contributed by atoms with E-state index in [2.05, 4.69) is 21.9 Å². The summed E-state index contributed by atoms with van der Waals surface area (Å²) in [5.74, 6) is 0.140. The van der Waals surface area contributed by atoms with Crippen LogP contribution in [0.25, 0.3) is 0 Å². The number of thioether (sulfide) groups is 1. The fourth-order valence-corrected chi connectivity index (χ4v) is 3.39. The van der Waals surface area contributed by atoms with E-state index in [0.29, 0.717) is 22.2 Å². The van der Waals surface area contributed by atoms with Crippen molar-refractivity contribution >= 4 is 29.4 Å². The number of carbonyl (C=O) groups excluding carboxylic acids is 2. The minimum atomic E-state index is -0.570. The molecule has 2 heterocycles. The van der Waals surface area contributed by atoms with Crippen LogP contribution in [0.2, 0.25) is 0 Å². The van der Waals surface area contributed by atoms with Crippen LogP contribution in [-0.4, -0.2) is 34.1 Å². The Balaban J connectivity index is 1.91. The molecule has 1 aliphatic rings. The lowest BCUT2D eigenvalue weighted by Gasteiger charge is -2.24. The zero-order valence-corrected chi connectivity index (χ0v) is 15.2. The molecule has 0 saturated carbocycles. The van der Waals surface area contributed by atoms with Gasteiger partial charge in [0.2, 0.25) is 5.91 Å². The number of hydrogen-bond acceptors (Lipinski definition) is 6. The molecular formula is C18H18N4O4S. The number of rotatable bonds is 7. The molecule has 27 heavy (non-hydrogen) atoms. The average molecular weight is 386 g/mol. The fourth-order valence-electron chi connectivity index (χ4n) is 2.79. The molecule has 4 N–H and O–H groups in total. The van der Waals surface area contributed by atoms with Crippen LogP contribution in [0.1, 0.15) is 23.5 Å². The maximum atomic E-state index is 12.6. The minimum Gasteiger partial charge on any atom is -0.484 e. The largest absolute Gasteiger partial charge is 0.484 e. The predicted molar refractivity (Wildman–Crippen MR) is 102 cm³/mol. The van der Waals surface area contributed by atoms with E-state index in [0.717, 1.165) is 5.56 Å². The van der Waals surface area contributed by atoms with Crippen LogP contribution in [0.5, 0.6) is 5.75 Å². The van der Waals surface area contributed by atoms with E-state index in [4.69, 9.17) is 10.5 Å². The number of fused-ring (bicyclic) bond motifs is 1. The second-order valence-electron chi connectivity index (χ2n) is 5.86. The molecule has 0 bridgehead atoms. The summed E-state index contributed by atoms with van der Waals surface area (Å²) >= 11 is 1.33. The van der Waals surface area contributed by atoms with Crippen molar-refractivity contribution in [2.24, 2.45) is 5.73 Å². The van der Waals surface area contributed by atoms with Crippen molar-refractivity contribution in [2.45, 2.75) is 17.5 Å². The first kappa shape index (κ1) is 18.7. The Morgan fingerprint density at radius 2 is 2.11 bits per heavy atom. The number of H-pyrrole nitrogens is 1. The van der Waals surface area contributed by atoms with Gasteiger partial charge in [-0.1, -0.05) is 30.0 Å². The third kappa shape index (κ3) is 4.37. The van der Waals surface area contributed by atoms with Crippen LogP contribution in [0, 0.1) is 0 Å². The van der Waals surface area contributed by atoms with E-state index in [1.165, 1.54) is 11.8 Å². The minimum absolute atomic E-state index is 0.137. The van der Waals surface area contributed by atoms with E-state index in [1.807, 2.05) is 0 Å². The standard InChI is InChI=1S/C18H18N4O4S/c1-2-7-27-18-21-16-15(17(25)22-18)12(8-14(24)20-16)10-3-5-11(6-4-10)26-9-13(19)23/h2-6,12H,1,7-9H2,(H2,19,23)(H2,20,21,22,24,25). The number of ether oxygens (including phenoxy) is 1. The summed E-state index contributed by atoms with van der Waals surface area (Å²) in [7, 11) is 0. The third-order valence-corrected chi connectivity index (χ3v) is 4.80. The van der Waals surface area contributed by atoms with E-state index in [-0.39, 0.29) is 30.3 Å². The van der Waals surface area contributed by atoms with Crippen molar-refractivity contribution in [2.75, 3.05) is 17.7 Å². The molecule has 1 aliphatic heterocycles. The van der Waals surface area contributed by atoms with E-state index in [1.54, 1.807) is 30.3 Å². The Labute approximate surface area is 159 Å². The number of nitrogens with zero attached hydrogens (tertiary/aromatic N) is 1. The smallest absolute Gasteiger partial charge is 0.257 e. The summed E-state index contributed by atoms with van der Waals surface area (Å²) in [5, 5.41) is 3.10. The van der Waals surface area contributed by atoms with Crippen LogP contribution in [-0.2, 0) is 9.59 Å². The third-order valence-electron chi connectivity index (χ3n) is 3.93. The van der Waals surface area contributed by atoms with Crippen molar-refractivity contribution in [1.82, 2.24) is 9.97 Å². The summed E-state index contributed by atoms with van der Waals surface area (Å²) in [5.41, 5.74) is 5.96. The molecule has 1 aromatic carbocycles. The Kier molecular flexibility index (Phi) is 5.60. The first-order chi connectivity index (χ1) is 13.0. The second-order valence-corrected chi connectivity index (χ2v) is 6.87. The van der Waals surface area contributed by atoms with E-state index < -0.39 is 11.8 Å². The van der Waals surface area contributed by atoms with Crippen molar-refractivity contribution in [3.63, 3.8) is 0 Å². The van der Waals surface area contributed by atoms with E-state index >= 15 is 0 Å². The van der Waals surface area contributed by atoms with Gasteiger partial charge in [-0.2, -0.15) is 0 Å². The fraction of sp³-hybridized carbons (Fsp3) is 0.222. The lowest BCUT2D eigenvalue weighted by molar-refractivity contribution is -0.120. The number of nitrogens with one attached hydrogen (secondary N) is 2. The van der Waals surface area contributed by atoms with Gasteiger partial charge in [0.25, 0.3) is 11.5 Å². The number of hydrogen-bond donors (Lipinski definition) is 3. The zero-order valence-electron chi connectivity index (χ0n) is 14.4. The molecule has 140 valence electrons.